The summed E-state index contributed by atoms with van der Waals surface area (Å²) in [5.41, 5.74) is 9.21. The van der Waals surface area contributed by atoms with Crippen LogP contribution in [0, 0.1) is 13.8 Å². The zero-order valence-electron chi connectivity index (χ0n) is 19.4. The van der Waals surface area contributed by atoms with Gasteiger partial charge in [-0.2, -0.15) is 0 Å². The van der Waals surface area contributed by atoms with Crippen LogP contribution in [0.25, 0.3) is 33.4 Å². The number of rotatable bonds is 4. The lowest BCUT2D eigenvalue weighted by Gasteiger charge is -2.18. The van der Waals surface area contributed by atoms with Crippen molar-refractivity contribution in [1.82, 2.24) is 29.4 Å². The van der Waals surface area contributed by atoms with Gasteiger partial charge in [0.05, 0.1) is 17.6 Å². The molecule has 0 saturated carbocycles. The Hall–Kier alpha value is -3.69. The number of hydrogen-bond donors (Lipinski definition) is 1. The summed E-state index contributed by atoms with van der Waals surface area (Å²) in [5, 5.41) is 1.03. The third kappa shape index (κ3) is 4.52. The average molecular weight is 490 g/mol. The highest BCUT2D eigenvalue weighted by Gasteiger charge is 2.25. The highest BCUT2D eigenvalue weighted by Crippen LogP contribution is 2.31. The molecule has 4 heterocycles. The Morgan fingerprint density at radius 2 is 1.97 bits per heavy atom. The van der Waals surface area contributed by atoms with E-state index in [1.807, 2.05) is 13.0 Å². The quantitative estimate of drug-likeness (QED) is 0.468. The van der Waals surface area contributed by atoms with Gasteiger partial charge in [0, 0.05) is 58.6 Å². The minimum atomic E-state index is -0.350. The van der Waals surface area contributed by atoms with Crippen LogP contribution < -0.4 is 11.3 Å². The maximum absolute atomic E-state index is 13.7. The van der Waals surface area contributed by atoms with E-state index in [-0.39, 0.29) is 24.1 Å². The summed E-state index contributed by atoms with van der Waals surface area (Å²) in [4.78, 5) is 45.8. The van der Waals surface area contributed by atoms with Crippen LogP contribution in [0.15, 0.2) is 47.7 Å². The molecule has 0 unspecified atom stereocenters. The SMILES string of the molecule is Cc1cncc(-c2ccc(-c3cc4cnc(C)nc4n(CC(=O)N4CC[C@H](N)C4)c3=O)c(Cl)c2)n1. The summed E-state index contributed by atoms with van der Waals surface area (Å²) >= 11 is 6.66. The fourth-order valence-corrected chi connectivity index (χ4v) is 4.61. The second kappa shape index (κ2) is 9.16. The van der Waals surface area contributed by atoms with Gasteiger partial charge in [-0.05, 0) is 32.4 Å². The Morgan fingerprint density at radius 3 is 2.69 bits per heavy atom. The lowest BCUT2D eigenvalue weighted by Crippen LogP contribution is -2.37. The van der Waals surface area contributed by atoms with E-state index < -0.39 is 0 Å². The lowest BCUT2D eigenvalue weighted by molar-refractivity contribution is -0.130. The van der Waals surface area contributed by atoms with E-state index in [4.69, 9.17) is 17.3 Å². The largest absolute Gasteiger partial charge is 0.340 e. The normalized spacial score (nSPS) is 15.7. The molecule has 1 amide bonds. The van der Waals surface area contributed by atoms with Gasteiger partial charge in [-0.15, -0.1) is 0 Å². The van der Waals surface area contributed by atoms with E-state index in [9.17, 15) is 9.59 Å². The Kier molecular flexibility index (Phi) is 6.04. The maximum atomic E-state index is 13.7. The standard InChI is InChI=1S/C25H24ClN7O2/c1-14-9-28-11-22(30-14)16-3-4-19(21(26)8-16)20-7-17-10-29-15(2)31-24(17)33(25(20)35)13-23(34)32-6-5-18(27)12-32/h3-4,7-11,18H,5-6,12-13,27H2,1-2H3/t18-/m0/s1. The average Bonchev–Trinajstić information content (AvgIpc) is 3.27. The zero-order chi connectivity index (χ0) is 24.7. The van der Waals surface area contributed by atoms with Gasteiger partial charge < -0.3 is 10.6 Å². The van der Waals surface area contributed by atoms with Crippen LogP contribution in [-0.2, 0) is 11.3 Å². The third-order valence-electron chi connectivity index (χ3n) is 6.13. The number of benzene rings is 1. The number of carbonyl (C=O) groups excluding carboxylic acids is 1. The number of nitrogens with zero attached hydrogens (tertiary/aromatic N) is 6. The van der Waals surface area contributed by atoms with Gasteiger partial charge in [-0.1, -0.05) is 23.7 Å². The van der Waals surface area contributed by atoms with Crippen LogP contribution in [0.4, 0.5) is 0 Å². The number of amides is 1. The number of fused-ring (bicyclic) bond motifs is 1. The van der Waals surface area contributed by atoms with Crippen LogP contribution in [0.1, 0.15) is 17.9 Å². The van der Waals surface area contributed by atoms with Gasteiger partial charge in [-0.25, -0.2) is 15.0 Å². The Labute approximate surface area is 206 Å². The van der Waals surface area contributed by atoms with Crippen molar-refractivity contribution in [1.29, 1.82) is 0 Å². The van der Waals surface area contributed by atoms with Crippen LogP contribution in [0.5, 0.6) is 0 Å². The number of halogens is 1. The molecule has 1 aromatic carbocycles. The molecule has 0 radical (unpaired) electrons. The first-order chi connectivity index (χ1) is 16.8. The summed E-state index contributed by atoms with van der Waals surface area (Å²) in [6.07, 6.45) is 5.74. The van der Waals surface area contributed by atoms with E-state index in [0.29, 0.717) is 51.8 Å². The van der Waals surface area contributed by atoms with Gasteiger partial charge in [-0.3, -0.25) is 19.1 Å². The molecule has 5 rings (SSSR count). The van der Waals surface area contributed by atoms with Crippen molar-refractivity contribution in [2.24, 2.45) is 5.73 Å². The van der Waals surface area contributed by atoms with Crippen molar-refractivity contribution in [3.63, 3.8) is 0 Å². The molecule has 1 fully saturated rings. The topological polar surface area (TPSA) is 120 Å². The van der Waals surface area contributed by atoms with Crippen molar-refractivity contribution in [2.45, 2.75) is 32.9 Å². The number of hydrogen-bond acceptors (Lipinski definition) is 7. The summed E-state index contributed by atoms with van der Waals surface area (Å²) in [7, 11) is 0. The number of carbonyl (C=O) groups is 1. The number of aromatic nitrogens is 5. The molecule has 3 aromatic heterocycles. The van der Waals surface area contributed by atoms with E-state index in [2.05, 4.69) is 19.9 Å². The second-order valence-electron chi connectivity index (χ2n) is 8.77. The minimum absolute atomic E-state index is 0.0428. The molecule has 4 aromatic rings. The van der Waals surface area contributed by atoms with Crippen LogP contribution in [-0.4, -0.2) is 54.4 Å². The Balaban J connectivity index is 1.61. The first-order valence-corrected chi connectivity index (χ1v) is 11.7. The van der Waals surface area contributed by atoms with Gasteiger partial charge in [0.15, 0.2) is 0 Å². The molecule has 0 aliphatic carbocycles. The molecule has 1 saturated heterocycles. The van der Waals surface area contributed by atoms with E-state index >= 15 is 0 Å². The molecule has 10 heteroatoms. The molecule has 1 aliphatic heterocycles. The number of nitrogens with two attached hydrogens (primary N) is 1. The smallest absolute Gasteiger partial charge is 0.260 e. The van der Waals surface area contributed by atoms with Crippen molar-refractivity contribution in [3.8, 4) is 22.4 Å². The van der Waals surface area contributed by atoms with Crippen LogP contribution in [0.2, 0.25) is 5.02 Å². The summed E-state index contributed by atoms with van der Waals surface area (Å²) < 4.78 is 1.40. The van der Waals surface area contributed by atoms with Crippen LogP contribution >= 0.6 is 11.6 Å². The monoisotopic (exact) mass is 489 g/mol. The van der Waals surface area contributed by atoms with Gasteiger partial charge in [0.1, 0.15) is 18.0 Å². The molecular formula is C25H24ClN7O2. The van der Waals surface area contributed by atoms with Gasteiger partial charge in [0.25, 0.3) is 5.56 Å². The van der Waals surface area contributed by atoms with Crippen LogP contribution in [0.3, 0.4) is 0 Å². The van der Waals surface area contributed by atoms with Gasteiger partial charge >= 0.3 is 0 Å². The second-order valence-corrected chi connectivity index (χ2v) is 9.18. The molecule has 0 spiro atoms. The molecular weight excluding hydrogens is 466 g/mol. The third-order valence-corrected chi connectivity index (χ3v) is 6.44. The summed E-state index contributed by atoms with van der Waals surface area (Å²) in [6.45, 7) is 4.53. The fourth-order valence-electron chi connectivity index (χ4n) is 4.33. The highest BCUT2D eigenvalue weighted by atomic mass is 35.5. The maximum Gasteiger partial charge on any atom is 0.260 e. The fraction of sp³-hybridized carbons (Fsp3) is 0.280. The number of likely N-dealkylation sites (tertiary alicyclic amines) is 1. The lowest BCUT2D eigenvalue weighted by atomic mass is 10.0. The summed E-state index contributed by atoms with van der Waals surface area (Å²) in [6, 6.07) is 7.07. The molecule has 35 heavy (non-hydrogen) atoms. The highest BCUT2D eigenvalue weighted by molar-refractivity contribution is 6.33. The first kappa shape index (κ1) is 23.1. The molecule has 0 bridgehead atoms. The molecule has 178 valence electrons. The van der Waals surface area contributed by atoms with E-state index in [1.54, 1.807) is 48.6 Å². The van der Waals surface area contributed by atoms with Crippen molar-refractivity contribution < 1.29 is 4.79 Å². The predicted molar refractivity (Wildman–Crippen MR) is 134 cm³/mol. The minimum Gasteiger partial charge on any atom is -0.340 e. The summed E-state index contributed by atoms with van der Waals surface area (Å²) in [5.74, 6) is 0.338. The molecule has 1 atom stereocenters. The van der Waals surface area contributed by atoms with Crippen molar-refractivity contribution >= 4 is 28.5 Å². The Morgan fingerprint density at radius 1 is 1.14 bits per heavy atom. The van der Waals surface area contributed by atoms with E-state index in [0.717, 1.165) is 17.7 Å². The number of pyridine rings is 1. The predicted octanol–water partition coefficient (Wildman–Crippen LogP) is 2.75. The van der Waals surface area contributed by atoms with Gasteiger partial charge in [0.2, 0.25) is 5.91 Å². The van der Waals surface area contributed by atoms with Crippen molar-refractivity contribution in [2.75, 3.05) is 13.1 Å². The first-order valence-electron chi connectivity index (χ1n) is 11.3. The van der Waals surface area contributed by atoms with E-state index in [1.165, 1.54) is 4.57 Å². The molecule has 1 aliphatic rings. The zero-order valence-corrected chi connectivity index (χ0v) is 20.2. The molecule has 2 N–H and O–H groups in total. The Bertz CT molecular complexity index is 1520. The number of aryl methyl sites for hydroxylation is 2. The van der Waals surface area contributed by atoms with Crippen molar-refractivity contribution in [3.05, 3.63) is 69.8 Å². The molecule has 9 nitrogen and oxygen atoms in total.